The zero-order valence-corrected chi connectivity index (χ0v) is 14.9. The number of rotatable bonds is 11. The Balaban J connectivity index is 2.32. The van der Waals surface area contributed by atoms with Crippen LogP contribution in [-0.2, 0) is 0 Å². The van der Waals surface area contributed by atoms with Crippen LogP contribution in [-0.4, -0.2) is 12.4 Å². The lowest BCUT2D eigenvalue weighted by molar-refractivity contribution is 0.0978. The van der Waals surface area contributed by atoms with E-state index in [9.17, 15) is 4.79 Å². The van der Waals surface area contributed by atoms with Crippen LogP contribution in [0, 0.1) is 0 Å². The molecule has 0 fully saturated rings. The second kappa shape index (κ2) is 10.8. The molecule has 3 heteroatoms. The summed E-state index contributed by atoms with van der Waals surface area (Å²) in [6, 6.07) is 5.60. The molecule has 1 rings (SSSR count). The van der Waals surface area contributed by atoms with Gasteiger partial charge >= 0.3 is 0 Å². The average molecular weight is 355 g/mol. The monoisotopic (exact) mass is 354 g/mol. The molecule has 0 unspecified atom stereocenters. The predicted octanol–water partition coefficient (Wildman–Crippen LogP) is 6.17. The van der Waals surface area contributed by atoms with Crippen LogP contribution < -0.4 is 4.74 Å². The van der Waals surface area contributed by atoms with Crippen molar-refractivity contribution in [3.05, 3.63) is 28.2 Å². The van der Waals surface area contributed by atoms with Crippen LogP contribution in [0.2, 0.25) is 0 Å². The zero-order chi connectivity index (χ0) is 15.5. The van der Waals surface area contributed by atoms with E-state index in [2.05, 4.69) is 22.9 Å². The minimum atomic E-state index is 0.221. The first kappa shape index (κ1) is 18.2. The molecule has 0 N–H and O–H groups in total. The van der Waals surface area contributed by atoms with E-state index in [1.165, 1.54) is 32.1 Å². The highest BCUT2D eigenvalue weighted by Gasteiger charge is 2.10. The fraction of sp³-hybridized carbons (Fsp3) is 0.611. The molecule has 118 valence electrons. The van der Waals surface area contributed by atoms with Crippen molar-refractivity contribution in [3.8, 4) is 5.75 Å². The van der Waals surface area contributed by atoms with Gasteiger partial charge in [0.05, 0.1) is 6.61 Å². The maximum Gasteiger partial charge on any atom is 0.164 e. The van der Waals surface area contributed by atoms with E-state index in [1.807, 2.05) is 25.1 Å². The number of Topliss-reactive ketones (excluding diaryl/α,β-unsaturated/α-hetero) is 1. The minimum Gasteiger partial charge on any atom is -0.494 e. The van der Waals surface area contributed by atoms with Crippen molar-refractivity contribution >= 4 is 21.7 Å². The predicted molar refractivity (Wildman–Crippen MR) is 92.3 cm³/mol. The van der Waals surface area contributed by atoms with Gasteiger partial charge in [0.15, 0.2) is 5.78 Å². The summed E-state index contributed by atoms with van der Waals surface area (Å²) in [5, 5.41) is 0. The van der Waals surface area contributed by atoms with Gasteiger partial charge in [0.2, 0.25) is 0 Å². The van der Waals surface area contributed by atoms with Gasteiger partial charge in [-0.2, -0.15) is 0 Å². The Morgan fingerprint density at radius 2 is 1.71 bits per heavy atom. The molecule has 0 spiro atoms. The van der Waals surface area contributed by atoms with Gasteiger partial charge in [-0.1, -0.05) is 45.4 Å². The molecule has 21 heavy (non-hydrogen) atoms. The van der Waals surface area contributed by atoms with E-state index in [4.69, 9.17) is 4.74 Å². The van der Waals surface area contributed by atoms with Gasteiger partial charge in [-0.05, 0) is 47.5 Å². The van der Waals surface area contributed by atoms with Gasteiger partial charge in [-0.3, -0.25) is 4.79 Å². The van der Waals surface area contributed by atoms with Crippen molar-refractivity contribution in [1.29, 1.82) is 0 Å². The Kier molecular flexibility index (Phi) is 9.40. The normalized spacial score (nSPS) is 10.6. The van der Waals surface area contributed by atoms with Crippen molar-refractivity contribution in [2.75, 3.05) is 6.61 Å². The van der Waals surface area contributed by atoms with Gasteiger partial charge in [0.25, 0.3) is 0 Å². The van der Waals surface area contributed by atoms with Gasteiger partial charge < -0.3 is 4.74 Å². The Morgan fingerprint density at radius 3 is 2.33 bits per heavy atom. The second-order valence-electron chi connectivity index (χ2n) is 5.37. The van der Waals surface area contributed by atoms with Crippen molar-refractivity contribution in [1.82, 2.24) is 0 Å². The summed E-state index contributed by atoms with van der Waals surface area (Å²) in [5.41, 5.74) is 0.768. The highest BCUT2D eigenvalue weighted by molar-refractivity contribution is 9.10. The molecule has 0 aliphatic rings. The maximum atomic E-state index is 12.2. The molecule has 0 bridgehead atoms. The fourth-order valence-electron chi connectivity index (χ4n) is 2.36. The highest BCUT2D eigenvalue weighted by Crippen LogP contribution is 2.25. The maximum absolute atomic E-state index is 12.2. The standard InChI is InChI=1S/C18H27BrO2/c1-3-5-6-7-8-9-10-11-18(20)16-13-12-15(21-4-2)14-17(16)19/h12-14H,3-11H2,1-2H3. The number of hydrogen-bond acceptors (Lipinski definition) is 2. The number of unbranched alkanes of at least 4 members (excludes halogenated alkanes) is 6. The Bertz CT molecular complexity index is 429. The summed E-state index contributed by atoms with van der Waals surface area (Å²) < 4.78 is 6.26. The van der Waals surface area contributed by atoms with Crippen LogP contribution in [0.5, 0.6) is 5.75 Å². The van der Waals surface area contributed by atoms with Crippen molar-refractivity contribution in [3.63, 3.8) is 0 Å². The molecule has 0 radical (unpaired) electrons. The molecule has 0 aliphatic carbocycles. The largest absolute Gasteiger partial charge is 0.494 e. The summed E-state index contributed by atoms with van der Waals surface area (Å²) in [6.07, 6.45) is 9.28. The van der Waals surface area contributed by atoms with Crippen LogP contribution in [0.25, 0.3) is 0 Å². The van der Waals surface area contributed by atoms with Crippen molar-refractivity contribution in [2.45, 2.75) is 65.2 Å². The molecule has 0 aromatic heterocycles. The number of carbonyl (C=O) groups excluding carboxylic acids is 1. The van der Waals surface area contributed by atoms with E-state index in [0.717, 1.165) is 28.6 Å². The van der Waals surface area contributed by atoms with E-state index < -0.39 is 0 Å². The van der Waals surface area contributed by atoms with E-state index in [-0.39, 0.29) is 5.78 Å². The molecular weight excluding hydrogens is 328 g/mol. The lowest BCUT2D eigenvalue weighted by Gasteiger charge is -2.07. The summed E-state index contributed by atoms with van der Waals surface area (Å²) in [6.45, 7) is 4.82. The smallest absolute Gasteiger partial charge is 0.164 e. The fourth-order valence-corrected chi connectivity index (χ4v) is 2.93. The number of benzene rings is 1. The molecule has 0 atom stereocenters. The first-order valence-corrected chi connectivity index (χ1v) is 8.93. The summed E-state index contributed by atoms with van der Waals surface area (Å²) in [5.74, 6) is 1.02. The van der Waals surface area contributed by atoms with Gasteiger partial charge in [0, 0.05) is 16.5 Å². The molecule has 1 aromatic carbocycles. The molecule has 2 nitrogen and oxygen atoms in total. The number of halogens is 1. The molecule has 1 aromatic rings. The lowest BCUT2D eigenvalue weighted by Crippen LogP contribution is -2.01. The zero-order valence-electron chi connectivity index (χ0n) is 13.3. The molecule has 0 aliphatic heterocycles. The molecule has 0 amide bonds. The van der Waals surface area contributed by atoms with E-state index in [1.54, 1.807) is 0 Å². The van der Waals surface area contributed by atoms with Crippen LogP contribution in [0.15, 0.2) is 22.7 Å². The molecule has 0 heterocycles. The van der Waals surface area contributed by atoms with Crippen LogP contribution in [0.4, 0.5) is 0 Å². The third-order valence-electron chi connectivity index (χ3n) is 3.56. The number of hydrogen-bond donors (Lipinski definition) is 0. The molecular formula is C18H27BrO2. The lowest BCUT2D eigenvalue weighted by atomic mass is 10.0. The first-order valence-electron chi connectivity index (χ1n) is 8.14. The van der Waals surface area contributed by atoms with Gasteiger partial charge in [0.1, 0.15) is 5.75 Å². The van der Waals surface area contributed by atoms with Crippen molar-refractivity contribution in [2.24, 2.45) is 0 Å². The molecule has 0 saturated heterocycles. The summed E-state index contributed by atoms with van der Waals surface area (Å²) in [4.78, 5) is 12.2. The van der Waals surface area contributed by atoms with E-state index >= 15 is 0 Å². The Labute approximate surface area is 137 Å². The highest BCUT2D eigenvalue weighted by atomic mass is 79.9. The average Bonchev–Trinajstić information content (AvgIpc) is 2.46. The molecule has 0 saturated carbocycles. The van der Waals surface area contributed by atoms with Crippen LogP contribution in [0.3, 0.4) is 0 Å². The van der Waals surface area contributed by atoms with E-state index in [0.29, 0.717) is 13.0 Å². The van der Waals surface area contributed by atoms with Crippen LogP contribution in [0.1, 0.15) is 75.6 Å². The summed E-state index contributed by atoms with van der Waals surface area (Å²) in [7, 11) is 0. The number of carbonyl (C=O) groups is 1. The minimum absolute atomic E-state index is 0.221. The third-order valence-corrected chi connectivity index (χ3v) is 4.22. The number of ether oxygens (including phenoxy) is 1. The first-order chi connectivity index (χ1) is 10.2. The van der Waals surface area contributed by atoms with Crippen molar-refractivity contribution < 1.29 is 9.53 Å². The second-order valence-corrected chi connectivity index (χ2v) is 6.22. The SMILES string of the molecule is CCCCCCCCCC(=O)c1ccc(OCC)cc1Br. The number of ketones is 1. The quantitative estimate of drug-likeness (QED) is 0.350. The topological polar surface area (TPSA) is 26.3 Å². The Morgan fingerprint density at radius 1 is 1.05 bits per heavy atom. The third kappa shape index (κ3) is 7.12. The Hall–Kier alpha value is -0.830. The van der Waals surface area contributed by atoms with Crippen LogP contribution >= 0.6 is 15.9 Å². The van der Waals surface area contributed by atoms with Gasteiger partial charge in [-0.15, -0.1) is 0 Å². The van der Waals surface area contributed by atoms with Gasteiger partial charge in [-0.25, -0.2) is 0 Å². The summed E-state index contributed by atoms with van der Waals surface area (Å²) >= 11 is 3.47.